The molecule has 0 aliphatic rings. The molecule has 5 nitrogen and oxygen atoms in total. The normalized spacial score (nSPS) is 11.7. The third-order valence-electron chi connectivity index (χ3n) is 5.20. The second kappa shape index (κ2) is 14.4. The molecule has 33 heavy (non-hydrogen) atoms. The van der Waals surface area contributed by atoms with E-state index in [1.165, 1.54) is 11.8 Å². The van der Waals surface area contributed by atoms with Gasteiger partial charge in [-0.1, -0.05) is 61.7 Å². The second-order valence-electron chi connectivity index (χ2n) is 7.67. The van der Waals surface area contributed by atoms with Crippen molar-refractivity contribution in [1.82, 2.24) is 10.2 Å². The van der Waals surface area contributed by atoms with Gasteiger partial charge in [-0.3, -0.25) is 9.59 Å². The third kappa shape index (κ3) is 8.76. The zero-order valence-electron chi connectivity index (χ0n) is 19.4. The van der Waals surface area contributed by atoms with Gasteiger partial charge in [-0.15, -0.1) is 11.8 Å². The van der Waals surface area contributed by atoms with Crippen LogP contribution in [0.5, 0.6) is 5.75 Å². The molecule has 0 saturated carbocycles. The van der Waals surface area contributed by atoms with Crippen LogP contribution in [-0.2, 0) is 21.9 Å². The van der Waals surface area contributed by atoms with Crippen molar-refractivity contribution in [2.75, 3.05) is 19.4 Å². The van der Waals surface area contributed by atoms with E-state index in [1.807, 2.05) is 37.3 Å². The Morgan fingerprint density at radius 3 is 2.61 bits per heavy atom. The summed E-state index contributed by atoms with van der Waals surface area (Å²) in [6, 6.07) is 12.4. The van der Waals surface area contributed by atoms with E-state index in [-0.39, 0.29) is 17.6 Å². The molecule has 1 N–H and O–H groups in total. The van der Waals surface area contributed by atoms with E-state index < -0.39 is 6.04 Å². The Hall–Kier alpha value is -1.89. The number of benzene rings is 2. The minimum absolute atomic E-state index is 0.0922. The van der Waals surface area contributed by atoms with Gasteiger partial charge in [0.05, 0.1) is 12.9 Å². The van der Waals surface area contributed by atoms with Gasteiger partial charge in [0.2, 0.25) is 11.8 Å². The predicted molar refractivity (Wildman–Crippen MR) is 138 cm³/mol. The average Bonchev–Trinajstić information content (AvgIpc) is 2.80. The number of methoxy groups -OCH3 is 1. The summed E-state index contributed by atoms with van der Waals surface area (Å²) in [4.78, 5) is 27.9. The van der Waals surface area contributed by atoms with Crippen molar-refractivity contribution < 1.29 is 14.3 Å². The summed E-state index contributed by atoms with van der Waals surface area (Å²) in [5.41, 5.74) is 1.83. The molecule has 2 rings (SSSR count). The maximum Gasteiger partial charge on any atom is 0.242 e. The first-order valence-corrected chi connectivity index (χ1v) is 13.0. The van der Waals surface area contributed by atoms with E-state index in [0.29, 0.717) is 41.1 Å². The van der Waals surface area contributed by atoms with Crippen LogP contribution in [0.4, 0.5) is 0 Å². The van der Waals surface area contributed by atoms with Crippen molar-refractivity contribution in [3.63, 3.8) is 0 Å². The van der Waals surface area contributed by atoms with Crippen molar-refractivity contribution in [2.24, 2.45) is 0 Å². The first-order valence-electron chi connectivity index (χ1n) is 11.1. The Morgan fingerprint density at radius 2 is 1.94 bits per heavy atom. The number of ether oxygens (including phenoxy) is 1. The fraction of sp³-hybridized carbons (Fsp3) is 0.440. The van der Waals surface area contributed by atoms with Gasteiger partial charge in [0, 0.05) is 28.9 Å². The number of unbranched alkanes of at least 4 members (excludes halogenated alkanes) is 1. The summed E-state index contributed by atoms with van der Waals surface area (Å²) in [7, 11) is 1.61. The number of nitrogens with one attached hydrogen (secondary N) is 1. The molecule has 0 aliphatic carbocycles. The van der Waals surface area contributed by atoms with Crippen LogP contribution in [0.15, 0.2) is 42.5 Å². The number of hydrogen-bond acceptors (Lipinski definition) is 4. The van der Waals surface area contributed by atoms with Gasteiger partial charge in [0.25, 0.3) is 0 Å². The Morgan fingerprint density at radius 1 is 1.15 bits per heavy atom. The summed E-state index contributed by atoms with van der Waals surface area (Å²) in [6.07, 6.45) is 2.43. The highest BCUT2D eigenvalue weighted by Crippen LogP contribution is 2.25. The van der Waals surface area contributed by atoms with E-state index in [0.717, 1.165) is 24.0 Å². The number of rotatable bonds is 13. The highest BCUT2D eigenvalue weighted by atomic mass is 35.5. The van der Waals surface area contributed by atoms with Crippen molar-refractivity contribution in [1.29, 1.82) is 0 Å². The summed E-state index contributed by atoms with van der Waals surface area (Å²) < 4.78 is 5.32. The van der Waals surface area contributed by atoms with Gasteiger partial charge in [-0.05, 0) is 48.2 Å². The fourth-order valence-corrected chi connectivity index (χ4v) is 4.83. The summed E-state index contributed by atoms with van der Waals surface area (Å²) >= 11 is 13.7. The summed E-state index contributed by atoms with van der Waals surface area (Å²) in [5, 5.41) is 4.14. The lowest BCUT2D eigenvalue weighted by molar-refractivity contribution is -0.139. The summed E-state index contributed by atoms with van der Waals surface area (Å²) in [6.45, 7) is 4.94. The fourth-order valence-electron chi connectivity index (χ4n) is 3.36. The third-order valence-corrected chi connectivity index (χ3v) is 6.75. The number of carbonyl (C=O) groups excluding carboxylic acids is 2. The van der Waals surface area contributed by atoms with Gasteiger partial charge in [-0.2, -0.15) is 0 Å². The van der Waals surface area contributed by atoms with Crippen LogP contribution < -0.4 is 10.1 Å². The number of thioether (sulfide) groups is 1. The molecule has 0 bridgehead atoms. The van der Waals surface area contributed by atoms with E-state index in [9.17, 15) is 9.59 Å². The number of carbonyl (C=O) groups is 2. The lowest BCUT2D eigenvalue weighted by Gasteiger charge is -2.30. The standard InChI is InChI=1S/C25H32Cl2N2O3S/c1-4-6-12-28-25(31)23(5-2)29(15-18-8-7-9-21(13-18)32-3)24(30)17-33-16-19-10-11-20(26)14-22(19)27/h7-11,13-14,23H,4-6,12,15-17H2,1-3H3,(H,28,31)/t23-/m0/s1. The predicted octanol–water partition coefficient (Wildman–Crippen LogP) is 5.96. The van der Waals surface area contributed by atoms with E-state index >= 15 is 0 Å². The molecule has 0 aliphatic heterocycles. The lowest BCUT2D eigenvalue weighted by atomic mass is 10.1. The van der Waals surface area contributed by atoms with Crippen LogP contribution >= 0.6 is 35.0 Å². The zero-order chi connectivity index (χ0) is 24.2. The SMILES string of the molecule is CCCCNC(=O)[C@H](CC)N(Cc1cccc(OC)c1)C(=O)CSCc1ccc(Cl)cc1Cl. The van der Waals surface area contributed by atoms with Crippen LogP contribution in [0, 0.1) is 0 Å². The highest BCUT2D eigenvalue weighted by molar-refractivity contribution is 7.99. The van der Waals surface area contributed by atoms with E-state index in [2.05, 4.69) is 12.2 Å². The largest absolute Gasteiger partial charge is 0.497 e. The molecule has 0 spiro atoms. The molecule has 0 unspecified atom stereocenters. The molecule has 0 heterocycles. The first-order chi connectivity index (χ1) is 15.9. The van der Waals surface area contributed by atoms with Crippen molar-refractivity contribution in [3.05, 3.63) is 63.6 Å². The molecule has 2 aromatic carbocycles. The van der Waals surface area contributed by atoms with Gasteiger partial charge >= 0.3 is 0 Å². The Bertz CT molecular complexity index is 926. The van der Waals surface area contributed by atoms with Crippen molar-refractivity contribution in [2.45, 2.75) is 51.4 Å². The van der Waals surface area contributed by atoms with E-state index in [4.69, 9.17) is 27.9 Å². The monoisotopic (exact) mass is 510 g/mol. The molecule has 180 valence electrons. The smallest absolute Gasteiger partial charge is 0.242 e. The lowest BCUT2D eigenvalue weighted by Crippen LogP contribution is -2.49. The van der Waals surface area contributed by atoms with Crippen molar-refractivity contribution in [3.8, 4) is 5.75 Å². The number of halogens is 2. The number of hydrogen-bond donors (Lipinski definition) is 1. The molecule has 8 heteroatoms. The van der Waals surface area contributed by atoms with Crippen LogP contribution in [0.3, 0.4) is 0 Å². The van der Waals surface area contributed by atoms with Crippen LogP contribution in [-0.4, -0.2) is 42.2 Å². The average molecular weight is 512 g/mol. The van der Waals surface area contributed by atoms with Crippen LogP contribution in [0.1, 0.15) is 44.2 Å². The molecular weight excluding hydrogens is 479 g/mol. The Balaban J connectivity index is 2.14. The molecule has 1 atom stereocenters. The first kappa shape index (κ1) is 27.4. The quantitative estimate of drug-likeness (QED) is 0.337. The maximum atomic E-state index is 13.3. The minimum atomic E-state index is -0.541. The molecule has 0 aromatic heterocycles. The molecule has 2 aromatic rings. The molecule has 2 amide bonds. The van der Waals surface area contributed by atoms with Crippen LogP contribution in [0.25, 0.3) is 0 Å². The zero-order valence-corrected chi connectivity index (χ0v) is 21.7. The van der Waals surface area contributed by atoms with Crippen LogP contribution in [0.2, 0.25) is 10.0 Å². The molecular formula is C25H32Cl2N2O3S. The Kier molecular flexibility index (Phi) is 11.9. The second-order valence-corrected chi connectivity index (χ2v) is 9.50. The maximum absolute atomic E-state index is 13.3. The highest BCUT2D eigenvalue weighted by Gasteiger charge is 2.28. The topological polar surface area (TPSA) is 58.6 Å². The van der Waals surface area contributed by atoms with Crippen molar-refractivity contribution >= 4 is 46.8 Å². The van der Waals surface area contributed by atoms with Gasteiger partial charge < -0.3 is 15.0 Å². The molecule has 0 saturated heterocycles. The molecule has 0 fully saturated rings. The summed E-state index contributed by atoms with van der Waals surface area (Å²) in [5.74, 6) is 1.32. The number of nitrogens with zero attached hydrogens (tertiary/aromatic N) is 1. The molecule has 0 radical (unpaired) electrons. The Labute approximate surface area is 211 Å². The van der Waals surface area contributed by atoms with Gasteiger partial charge in [0.15, 0.2) is 0 Å². The van der Waals surface area contributed by atoms with E-state index in [1.54, 1.807) is 24.1 Å². The van der Waals surface area contributed by atoms with Gasteiger partial charge in [0.1, 0.15) is 11.8 Å². The number of amides is 2. The minimum Gasteiger partial charge on any atom is -0.497 e. The van der Waals surface area contributed by atoms with Gasteiger partial charge in [-0.25, -0.2) is 0 Å².